The summed E-state index contributed by atoms with van der Waals surface area (Å²) in [7, 11) is 0. The number of aromatic nitrogens is 1. The lowest BCUT2D eigenvalue weighted by Crippen LogP contribution is -2.19. The van der Waals surface area contributed by atoms with Crippen molar-refractivity contribution in [2.45, 2.75) is 38.2 Å². The van der Waals surface area contributed by atoms with Crippen molar-refractivity contribution in [2.75, 3.05) is 0 Å². The first-order valence-electron chi connectivity index (χ1n) is 5.15. The molecule has 0 aromatic carbocycles. The molecule has 13 heavy (non-hydrogen) atoms. The molecule has 0 spiro atoms. The number of aliphatic hydroxyl groups excluding tert-OH is 1. The minimum Gasteiger partial charge on any atom is -0.393 e. The van der Waals surface area contributed by atoms with Gasteiger partial charge in [0.1, 0.15) is 0 Å². The second-order valence-electron chi connectivity index (χ2n) is 4.07. The van der Waals surface area contributed by atoms with Gasteiger partial charge in [-0.1, -0.05) is 0 Å². The fourth-order valence-electron chi connectivity index (χ4n) is 2.15. The van der Waals surface area contributed by atoms with Crippen LogP contribution in [0, 0.1) is 5.92 Å². The summed E-state index contributed by atoms with van der Waals surface area (Å²) in [6, 6.07) is 4.19. The summed E-state index contributed by atoms with van der Waals surface area (Å²) < 4.78 is 0. The third kappa shape index (κ3) is 2.34. The number of aliphatic hydroxyl groups is 1. The smallest absolute Gasteiger partial charge is 0.0540 e. The van der Waals surface area contributed by atoms with Crippen LogP contribution in [0.15, 0.2) is 18.3 Å². The monoisotopic (exact) mass is 179 g/mol. The lowest BCUT2D eigenvalue weighted by atomic mass is 9.85. The van der Waals surface area contributed by atoms with E-state index in [2.05, 4.69) is 11.1 Å². The molecule has 1 saturated carbocycles. The average Bonchev–Trinajstić information content (AvgIpc) is 2.62. The van der Waals surface area contributed by atoms with Gasteiger partial charge in [-0.25, -0.2) is 0 Å². The first kappa shape index (κ1) is 8.82. The minimum absolute atomic E-state index is 0.0279. The molecule has 0 radical (unpaired) electrons. The Hall–Kier alpha value is -0.760. The fraction of sp³-hybridized carbons (Fsp3) is 0.636. The van der Waals surface area contributed by atoms with Crippen molar-refractivity contribution >= 4 is 0 Å². The van der Waals surface area contributed by atoms with Crippen molar-refractivity contribution in [3.8, 4) is 0 Å². The molecule has 1 aliphatic carbocycles. The zero-order chi connectivity index (χ0) is 9.10. The minimum atomic E-state index is -0.0279. The predicted molar refractivity (Wildman–Crippen MR) is 52.5 cm³/mol. The molecule has 1 aliphatic rings. The maximum absolute atomic E-state index is 9.35. The van der Waals surface area contributed by atoms with Crippen LogP contribution in [-0.4, -0.2) is 16.2 Å². The molecule has 0 saturated heterocycles. The second-order valence-corrected chi connectivity index (χ2v) is 4.07. The summed E-state index contributed by atoms with van der Waals surface area (Å²) in [6.07, 6.45) is 7.45. The molecule has 1 heterocycles. The average molecular weight is 179 g/mol. The maximum atomic E-state index is 9.35. The van der Waals surface area contributed by atoms with Gasteiger partial charge in [-0.15, -0.1) is 0 Å². The summed E-state index contributed by atoms with van der Waals surface area (Å²) in [5.74, 6) is 0.780. The highest BCUT2D eigenvalue weighted by Crippen LogP contribution is 2.26. The van der Waals surface area contributed by atoms with Crippen LogP contribution in [0.2, 0.25) is 0 Å². The van der Waals surface area contributed by atoms with Gasteiger partial charge in [-0.05, 0) is 50.2 Å². The van der Waals surface area contributed by atoms with Gasteiger partial charge in [0, 0.05) is 11.9 Å². The van der Waals surface area contributed by atoms with Gasteiger partial charge in [0.15, 0.2) is 0 Å². The Kier molecular flexibility index (Phi) is 2.69. The summed E-state index contributed by atoms with van der Waals surface area (Å²) in [5.41, 5.74) is 1.33. The Labute approximate surface area is 79.0 Å². The van der Waals surface area contributed by atoms with E-state index in [1.807, 2.05) is 12.3 Å². The number of hydrogen-bond acceptors (Lipinski definition) is 1. The van der Waals surface area contributed by atoms with Crippen molar-refractivity contribution in [2.24, 2.45) is 5.92 Å². The first-order valence-corrected chi connectivity index (χ1v) is 5.15. The van der Waals surface area contributed by atoms with E-state index in [1.165, 1.54) is 18.5 Å². The van der Waals surface area contributed by atoms with E-state index in [0.29, 0.717) is 0 Å². The Morgan fingerprint density at radius 1 is 1.31 bits per heavy atom. The molecule has 1 fully saturated rings. The zero-order valence-electron chi connectivity index (χ0n) is 7.87. The Morgan fingerprint density at radius 3 is 2.69 bits per heavy atom. The quantitative estimate of drug-likeness (QED) is 0.716. The number of aromatic amines is 1. The Balaban J connectivity index is 1.83. The number of hydrogen-bond donors (Lipinski definition) is 2. The highest BCUT2D eigenvalue weighted by Gasteiger charge is 2.19. The molecular formula is C11H17NO. The molecule has 2 heteroatoms. The lowest BCUT2D eigenvalue weighted by Gasteiger charge is -2.24. The standard InChI is InChI=1S/C11H17NO/c13-11-5-3-9(4-6-11)8-10-2-1-7-12-10/h1-2,7,9,11-13H,3-6,8H2. The van der Waals surface area contributed by atoms with Crippen LogP contribution in [0.5, 0.6) is 0 Å². The fourth-order valence-corrected chi connectivity index (χ4v) is 2.15. The third-order valence-corrected chi connectivity index (χ3v) is 2.99. The van der Waals surface area contributed by atoms with Gasteiger partial charge in [0.25, 0.3) is 0 Å². The van der Waals surface area contributed by atoms with E-state index in [-0.39, 0.29) is 6.10 Å². The van der Waals surface area contributed by atoms with E-state index < -0.39 is 0 Å². The molecular weight excluding hydrogens is 162 g/mol. The third-order valence-electron chi connectivity index (χ3n) is 2.99. The molecule has 0 unspecified atom stereocenters. The Bertz CT molecular complexity index is 235. The van der Waals surface area contributed by atoms with E-state index in [0.717, 1.165) is 25.2 Å². The molecule has 0 bridgehead atoms. The number of rotatable bonds is 2. The molecule has 0 amide bonds. The predicted octanol–water partition coefficient (Wildman–Crippen LogP) is 2.11. The molecule has 2 N–H and O–H groups in total. The topological polar surface area (TPSA) is 36.0 Å². The molecule has 0 aliphatic heterocycles. The number of nitrogens with one attached hydrogen (secondary N) is 1. The lowest BCUT2D eigenvalue weighted by molar-refractivity contribution is 0.108. The molecule has 1 aromatic rings. The number of H-pyrrole nitrogens is 1. The van der Waals surface area contributed by atoms with Crippen molar-refractivity contribution < 1.29 is 5.11 Å². The summed E-state index contributed by atoms with van der Waals surface area (Å²) in [4.78, 5) is 3.23. The highest BCUT2D eigenvalue weighted by molar-refractivity contribution is 5.04. The van der Waals surface area contributed by atoms with Crippen LogP contribution < -0.4 is 0 Å². The molecule has 2 nitrogen and oxygen atoms in total. The SMILES string of the molecule is OC1CCC(Cc2ccc[nH]2)CC1. The van der Waals surface area contributed by atoms with Crippen LogP contribution in [0.1, 0.15) is 31.4 Å². The van der Waals surface area contributed by atoms with Gasteiger partial charge >= 0.3 is 0 Å². The second kappa shape index (κ2) is 3.97. The van der Waals surface area contributed by atoms with Crippen LogP contribution in [-0.2, 0) is 6.42 Å². The van der Waals surface area contributed by atoms with E-state index >= 15 is 0 Å². The van der Waals surface area contributed by atoms with Crippen molar-refractivity contribution in [3.63, 3.8) is 0 Å². The van der Waals surface area contributed by atoms with Crippen LogP contribution in [0.4, 0.5) is 0 Å². The van der Waals surface area contributed by atoms with Crippen molar-refractivity contribution in [1.82, 2.24) is 4.98 Å². The summed E-state index contributed by atoms with van der Waals surface area (Å²) in [6.45, 7) is 0. The van der Waals surface area contributed by atoms with Crippen LogP contribution >= 0.6 is 0 Å². The van der Waals surface area contributed by atoms with Crippen LogP contribution in [0.3, 0.4) is 0 Å². The largest absolute Gasteiger partial charge is 0.393 e. The van der Waals surface area contributed by atoms with Gasteiger partial charge in [0.2, 0.25) is 0 Å². The van der Waals surface area contributed by atoms with Gasteiger partial charge < -0.3 is 10.1 Å². The maximum Gasteiger partial charge on any atom is 0.0540 e. The Morgan fingerprint density at radius 2 is 2.08 bits per heavy atom. The molecule has 2 rings (SSSR count). The zero-order valence-corrected chi connectivity index (χ0v) is 7.87. The molecule has 72 valence electrons. The van der Waals surface area contributed by atoms with E-state index in [1.54, 1.807) is 0 Å². The van der Waals surface area contributed by atoms with Crippen molar-refractivity contribution in [3.05, 3.63) is 24.0 Å². The molecule has 0 atom stereocenters. The van der Waals surface area contributed by atoms with Gasteiger partial charge in [0.05, 0.1) is 6.10 Å². The summed E-state index contributed by atoms with van der Waals surface area (Å²) in [5, 5.41) is 9.35. The first-order chi connectivity index (χ1) is 6.34. The van der Waals surface area contributed by atoms with E-state index in [9.17, 15) is 5.11 Å². The highest BCUT2D eigenvalue weighted by atomic mass is 16.3. The van der Waals surface area contributed by atoms with E-state index in [4.69, 9.17) is 0 Å². The molecule has 1 aromatic heterocycles. The van der Waals surface area contributed by atoms with Gasteiger partial charge in [-0.2, -0.15) is 0 Å². The normalized spacial score (nSPS) is 29.0. The van der Waals surface area contributed by atoms with Crippen LogP contribution in [0.25, 0.3) is 0 Å². The summed E-state index contributed by atoms with van der Waals surface area (Å²) >= 11 is 0. The van der Waals surface area contributed by atoms with Crippen molar-refractivity contribution in [1.29, 1.82) is 0 Å². The van der Waals surface area contributed by atoms with Gasteiger partial charge in [-0.3, -0.25) is 0 Å².